The van der Waals surface area contributed by atoms with E-state index in [1.54, 1.807) is 11.8 Å². The van der Waals surface area contributed by atoms with Crippen LogP contribution in [0.1, 0.15) is 64.7 Å². The minimum atomic E-state index is -0.488. The van der Waals surface area contributed by atoms with Gasteiger partial charge >= 0.3 is 0 Å². The van der Waals surface area contributed by atoms with Gasteiger partial charge in [-0.1, -0.05) is 38.5 Å². The lowest BCUT2D eigenvalue weighted by atomic mass is 10.0. The monoisotopic (exact) mass is 381 g/mol. The van der Waals surface area contributed by atoms with E-state index in [-0.39, 0.29) is 17.7 Å². The highest BCUT2D eigenvalue weighted by atomic mass is 32.2. The lowest BCUT2D eigenvalue weighted by Gasteiger charge is -2.21. The van der Waals surface area contributed by atoms with E-state index in [9.17, 15) is 9.59 Å². The number of amides is 2. The van der Waals surface area contributed by atoms with Crippen LogP contribution in [0.5, 0.6) is 0 Å². The first-order valence-corrected chi connectivity index (χ1v) is 10.7. The first-order valence-electron chi connectivity index (χ1n) is 9.46. The number of rotatable bonds is 9. The molecule has 2 N–H and O–H groups in total. The molecule has 0 spiro atoms. The van der Waals surface area contributed by atoms with Crippen LogP contribution in [0.3, 0.4) is 0 Å². The van der Waals surface area contributed by atoms with Crippen molar-refractivity contribution < 1.29 is 9.59 Å². The minimum Gasteiger partial charge on any atom is -0.354 e. The van der Waals surface area contributed by atoms with Crippen molar-refractivity contribution in [3.8, 4) is 0 Å². The zero-order valence-electron chi connectivity index (χ0n) is 16.2. The van der Waals surface area contributed by atoms with Gasteiger partial charge in [-0.05, 0) is 31.4 Å². The predicted octanol–water partition coefficient (Wildman–Crippen LogP) is 2.32. The molecule has 1 aliphatic carbocycles. The van der Waals surface area contributed by atoms with Crippen LogP contribution in [0.4, 0.5) is 0 Å². The van der Waals surface area contributed by atoms with Crippen molar-refractivity contribution >= 4 is 23.6 Å². The van der Waals surface area contributed by atoms with E-state index >= 15 is 0 Å². The van der Waals surface area contributed by atoms with E-state index < -0.39 is 6.04 Å². The number of carbonyl (C=O) groups is 2. The van der Waals surface area contributed by atoms with Crippen molar-refractivity contribution in [2.24, 2.45) is 5.92 Å². The summed E-state index contributed by atoms with van der Waals surface area (Å²) in [5, 5.41) is 15.3. The number of nitrogens with zero attached hydrogens (tertiary/aromatic N) is 3. The standard InChI is InChI=1S/C18H31N5O2S/c1-12(2)16(20-13(3)24)17(25)19-11-7-10-15-21-22-18(26-4)23(15)14-8-5-6-9-14/h12,14,16H,5-11H2,1-4H3,(H,19,25)(H,20,24)/t16-/m0/s1. The van der Waals surface area contributed by atoms with Crippen LogP contribution in [0.15, 0.2) is 5.16 Å². The summed E-state index contributed by atoms with van der Waals surface area (Å²) in [4.78, 5) is 23.6. The summed E-state index contributed by atoms with van der Waals surface area (Å²) in [6.07, 6.45) is 8.56. The molecule has 7 nitrogen and oxygen atoms in total. The summed E-state index contributed by atoms with van der Waals surface area (Å²) in [6.45, 7) is 5.85. The Morgan fingerprint density at radius 1 is 1.27 bits per heavy atom. The van der Waals surface area contributed by atoms with Crippen LogP contribution in [0.25, 0.3) is 0 Å². The fraction of sp³-hybridized carbons (Fsp3) is 0.778. The third kappa shape index (κ3) is 5.46. The van der Waals surface area contributed by atoms with Gasteiger partial charge in [0, 0.05) is 25.9 Å². The minimum absolute atomic E-state index is 0.0495. The van der Waals surface area contributed by atoms with Crippen molar-refractivity contribution in [3.63, 3.8) is 0 Å². The number of thioether (sulfide) groups is 1. The summed E-state index contributed by atoms with van der Waals surface area (Å²) < 4.78 is 2.30. The van der Waals surface area contributed by atoms with Crippen molar-refractivity contribution in [1.29, 1.82) is 0 Å². The van der Waals surface area contributed by atoms with E-state index in [1.165, 1.54) is 32.6 Å². The molecule has 0 unspecified atom stereocenters. The summed E-state index contributed by atoms with van der Waals surface area (Å²) in [5.41, 5.74) is 0. The van der Waals surface area contributed by atoms with Gasteiger partial charge in [-0.15, -0.1) is 10.2 Å². The molecular formula is C18H31N5O2S. The van der Waals surface area contributed by atoms with Crippen molar-refractivity contribution in [2.45, 2.75) is 76.5 Å². The molecule has 0 saturated heterocycles. The summed E-state index contributed by atoms with van der Waals surface area (Å²) in [7, 11) is 0. The second kappa shape index (κ2) is 9.94. The molecule has 1 fully saturated rings. The Hall–Kier alpha value is -1.57. The summed E-state index contributed by atoms with van der Waals surface area (Å²) in [5.74, 6) is 0.747. The van der Waals surface area contributed by atoms with Gasteiger partial charge in [-0.2, -0.15) is 0 Å². The van der Waals surface area contributed by atoms with Crippen molar-refractivity contribution in [3.05, 3.63) is 5.82 Å². The number of hydrogen-bond acceptors (Lipinski definition) is 5. The van der Waals surface area contributed by atoms with E-state index in [1.807, 2.05) is 20.1 Å². The number of aromatic nitrogens is 3. The van der Waals surface area contributed by atoms with E-state index in [0.717, 1.165) is 23.8 Å². The van der Waals surface area contributed by atoms with Gasteiger partial charge in [-0.25, -0.2) is 0 Å². The molecule has 0 radical (unpaired) electrons. The van der Waals surface area contributed by atoms with Crippen LogP contribution < -0.4 is 10.6 Å². The fourth-order valence-electron chi connectivity index (χ4n) is 3.47. The molecule has 2 amide bonds. The number of nitrogens with one attached hydrogen (secondary N) is 2. The lowest BCUT2D eigenvalue weighted by Crippen LogP contribution is -2.49. The van der Waals surface area contributed by atoms with E-state index in [4.69, 9.17) is 0 Å². The molecular weight excluding hydrogens is 350 g/mol. The quantitative estimate of drug-likeness (QED) is 0.506. The van der Waals surface area contributed by atoms with E-state index in [2.05, 4.69) is 25.4 Å². The third-order valence-electron chi connectivity index (χ3n) is 4.79. The van der Waals surface area contributed by atoms with Gasteiger partial charge in [0.05, 0.1) is 0 Å². The normalized spacial score (nSPS) is 16.0. The van der Waals surface area contributed by atoms with Gasteiger partial charge in [0.25, 0.3) is 0 Å². The Kier molecular flexibility index (Phi) is 7.93. The number of carbonyl (C=O) groups excluding carboxylic acids is 2. The molecule has 1 aromatic rings. The zero-order chi connectivity index (χ0) is 19.1. The van der Waals surface area contributed by atoms with Crippen molar-refractivity contribution in [2.75, 3.05) is 12.8 Å². The SMILES string of the molecule is CSc1nnc(CCCNC(=O)[C@@H](NC(C)=O)C(C)C)n1C1CCCC1. The largest absolute Gasteiger partial charge is 0.354 e. The highest BCUT2D eigenvalue weighted by Gasteiger charge is 2.24. The Morgan fingerprint density at radius 3 is 2.54 bits per heavy atom. The van der Waals surface area contributed by atoms with Gasteiger partial charge < -0.3 is 15.2 Å². The van der Waals surface area contributed by atoms with E-state index in [0.29, 0.717) is 12.6 Å². The maximum Gasteiger partial charge on any atom is 0.242 e. The fourth-order valence-corrected chi connectivity index (χ4v) is 4.04. The molecule has 0 bridgehead atoms. The second-order valence-corrected chi connectivity index (χ2v) is 8.00. The van der Waals surface area contributed by atoms with Gasteiger partial charge in [0.1, 0.15) is 11.9 Å². The molecule has 1 saturated carbocycles. The third-order valence-corrected chi connectivity index (χ3v) is 5.44. The summed E-state index contributed by atoms with van der Waals surface area (Å²) >= 11 is 1.64. The Bertz CT molecular complexity index is 611. The highest BCUT2D eigenvalue weighted by molar-refractivity contribution is 7.98. The molecule has 26 heavy (non-hydrogen) atoms. The molecule has 0 aromatic carbocycles. The molecule has 0 aliphatic heterocycles. The van der Waals surface area contributed by atoms with Crippen LogP contribution in [0, 0.1) is 5.92 Å². The molecule has 1 atom stereocenters. The first kappa shape index (κ1) is 20.7. The zero-order valence-corrected chi connectivity index (χ0v) is 17.1. The lowest BCUT2D eigenvalue weighted by molar-refractivity contribution is -0.129. The van der Waals surface area contributed by atoms with Crippen LogP contribution in [0.2, 0.25) is 0 Å². The molecule has 1 aliphatic rings. The Balaban J connectivity index is 1.87. The maximum atomic E-state index is 12.3. The Morgan fingerprint density at radius 2 is 1.96 bits per heavy atom. The molecule has 8 heteroatoms. The van der Waals surface area contributed by atoms with Crippen LogP contribution >= 0.6 is 11.8 Å². The summed E-state index contributed by atoms with van der Waals surface area (Å²) in [6, 6.07) is 0.0277. The smallest absolute Gasteiger partial charge is 0.242 e. The molecule has 2 rings (SSSR count). The number of aryl methyl sites for hydroxylation is 1. The van der Waals surface area contributed by atoms with Gasteiger partial charge in [0.2, 0.25) is 11.8 Å². The molecule has 1 aromatic heterocycles. The van der Waals surface area contributed by atoms with Crippen molar-refractivity contribution in [1.82, 2.24) is 25.4 Å². The Labute approximate surface area is 160 Å². The second-order valence-electron chi connectivity index (χ2n) is 7.23. The van der Waals surface area contributed by atoms with Gasteiger partial charge in [0.15, 0.2) is 5.16 Å². The maximum absolute atomic E-state index is 12.3. The van der Waals surface area contributed by atoms with Crippen LogP contribution in [-0.2, 0) is 16.0 Å². The highest BCUT2D eigenvalue weighted by Crippen LogP contribution is 2.33. The topological polar surface area (TPSA) is 88.9 Å². The average molecular weight is 382 g/mol. The predicted molar refractivity (Wildman–Crippen MR) is 103 cm³/mol. The molecule has 1 heterocycles. The van der Waals surface area contributed by atoms with Crippen LogP contribution in [-0.4, -0.2) is 45.4 Å². The average Bonchev–Trinajstić information content (AvgIpc) is 3.24. The molecule has 146 valence electrons. The first-order chi connectivity index (χ1) is 12.4. The van der Waals surface area contributed by atoms with Gasteiger partial charge in [-0.3, -0.25) is 9.59 Å². The number of hydrogen-bond donors (Lipinski definition) is 2.